The van der Waals surface area contributed by atoms with Crippen molar-refractivity contribution in [2.24, 2.45) is 56.8 Å². The maximum Gasteiger partial charge on any atom is 0.159 e. The number of hydrogen-bond acceptors (Lipinski definition) is 4. The zero-order valence-corrected chi connectivity index (χ0v) is 34.0. The van der Waals surface area contributed by atoms with Crippen molar-refractivity contribution >= 4 is 11.6 Å². The molecule has 0 bridgehead atoms. The van der Waals surface area contributed by atoms with E-state index >= 15 is 0 Å². The molecule has 4 nitrogen and oxygen atoms in total. The third-order valence-electron chi connectivity index (χ3n) is 10.1. The monoisotopic (exact) mass is 665 g/mol. The van der Waals surface area contributed by atoms with Crippen molar-refractivity contribution in [2.45, 2.75) is 149 Å². The molecule has 4 rings (SSSR count). The summed E-state index contributed by atoms with van der Waals surface area (Å²) in [6.07, 6.45) is 24.9. The van der Waals surface area contributed by atoms with E-state index in [1.807, 2.05) is 39.8 Å². The van der Waals surface area contributed by atoms with Crippen LogP contribution in [0.3, 0.4) is 0 Å². The largest absolute Gasteiger partial charge is 0.327 e. The number of rotatable bonds is 0. The topological polar surface area (TPSA) is 86.2 Å². The van der Waals surface area contributed by atoms with E-state index < -0.39 is 0 Å². The fourth-order valence-electron chi connectivity index (χ4n) is 5.92. The number of carbonyl (C=O) groups is 2. The predicted octanol–water partition coefficient (Wildman–Crippen LogP) is 11.1. The lowest BCUT2D eigenvalue weighted by Gasteiger charge is -2.26. The Balaban J connectivity index is 0.000000603. The molecule has 0 heterocycles. The summed E-state index contributed by atoms with van der Waals surface area (Å²) in [4.78, 5) is 22.9. The number of ketones is 2. The molecule has 0 spiro atoms. The minimum atomic E-state index is 0.0331. The van der Waals surface area contributed by atoms with E-state index in [0.717, 1.165) is 18.4 Å². The molecule has 0 aromatic carbocycles. The molecule has 4 aliphatic carbocycles. The standard InChI is InChI=1S/C11H21N.C11H18O.C10H17N.C10H14O.C2H6/c2*1-8-5-6-11(3,4)7-10(12)9(8)2;2*1-8-5-4-6-10(2,3)7-9(8)11;1-2/h5-6,8-10H,7,12H2,1-4H3;5-6,8-9H,7H2,1-4H3;4-6,9H,7,11H2,1-3H3;4-6H,7H2,1-3H3;1-2H3/t8-,9+,10?;8-,9+;;;/m11.../s1. The first kappa shape index (κ1) is 45.7. The SMILES string of the molecule is CC.CC1=CC=CC(C)(C)CC1=O.CC1=CC=CC(C)(C)CC1N.C[C@@H]1C=CC(C)(C)CC(=O)[C@H]1C.C[C@@H]1C=CC(C)(C)CC(N)[C@H]1C. The van der Waals surface area contributed by atoms with Gasteiger partial charge in [-0.1, -0.05) is 163 Å². The quantitative estimate of drug-likeness (QED) is 0.252. The molecular formula is C44H76N2O2. The zero-order valence-electron chi connectivity index (χ0n) is 34.0. The van der Waals surface area contributed by atoms with E-state index in [1.165, 1.54) is 5.57 Å². The Bertz CT molecular complexity index is 1200. The van der Waals surface area contributed by atoms with Crippen molar-refractivity contribution in [3.8, 4) is 0 Å². The van der Waals surface area contributed by atoms with Gasteiger partial charge in [-0.25, -0.2) is 0 Å². The van der Waals surface area contributed by atoms with Crippen LogP contribution >= 0.6 is 0 Å². The van der Waals surface area contributed by atoms with Gasteiger partial charge in [0.25, 0.3) is 0 Å². The van der Waals surface area contributed by atoms with Gasteiger partial charge in [-0.15, -0.1) is 0 Å². The third-order valence-corrected chi connectivity index (χ3v) is 10.1. The second kappa shape index (κ2) is 19.8. The highest BCUT2D eigenvalue weighted by atomic mass is 16.1. The minimum absolute atomic E-state index is 0.0331. The van der Waals surface area contributed by atoms with Crippen LogP contribution in [-0.2, 0) is 9.59 Å². The number of nitrogens with two attached hydrogens (primary N) is 2. The highest BCUT2D eigenvalue weighted by Crippen LogP contribution is 2.34. The molecule has 274 valence electrons. The molecule has 0 radical (unpaired) electrons. The average molecular weight is 665 g/mol. The van der Waals surface area contributed by atoms with Crippen LogP contribution in [0, 0.1) is 45.3 Å². The lowest BCUT2D eigenvalue weighted by Crippen LogP contribution is -2.33. The molecule has 4 aliphatic rings. The van der Waals surface area contributed by atoms with Crippen molar-refractivity contribution in [2.75, 3.05) is 0 Å². The molecule has 0 saturated carbocycles. The van der Waals surface area contributed by atoms with Gasteiger partial charge < -0.3 is 11.5 Å². The van der Waals surface area contributed by atoms with Crippen molar-refractivity contribution in [1.29, 1.82) is 0 Å². The Hall–Kier alpha value is -2.30. The minimum Gasteiger partial charge on any atom is -0.327 e. The zero-order chi connectivity index (χ0) is 37.7. The summed E-state index contributed by atoms with van der Waals surface area (Å²) in [6.45, 7) is 33.9. The lowest BCUT2D eigenvalue weighted by atomic mass is 9.83. The van der Waals surface area contributed by atoms with Crippen molar-refractivity contribution in [3.05, 3.63) is 71.9 Å². The normalized spacial score (nSPS) is 31.0. The van der Waals surface area contributed by atoms with Gasteiger partial charge in [-0.3, -0.25) is 9.59 Å². The summed E-state index contributed by atoms with van der Waals surface area (Å²) >= 11 is 0. The fraction of sp³-hybridized carbons (Fsp3) is 0.682. The Morgan fingerprint density at radius 2 is 1.08 bits per heavy atom. The Labute approximate surface area is 297 Å². The van der Waals surface area contributed by atoms with E-state index in [0.29, 0.717) is 47.8 Å². The molecule has 48 heavy (non-hydrogen) atoms. The van der Waals surface area contributed by atoms with Gasteiger partial charge in [0, 0.05) is 30.8 Å². The molecule has 0 saturated heterocycles. The molecule has 4 heteroatoms. The summed E-state index contributed by atoms with van der Waals surface area (Å²) in [6, 6.07) is 0.588. The van der Waals surface area contributed by atoms with Crippen LogP contribution in [-0.4, -0.2) is 23.7 Å². The molecule has 0 aromatic heterocycles. The smallest absolute Gasteiger partial charge is 0.159 e. The maximum atomic E-state index is 11.6. The van der Waals surface area contributed by atoms with Crippen molar-refractivity contribution < 1.29 is 9.59 Å². The Kier molecular flexibility index (Phi) is 18.8. The fourth-order valence-corrected chi connectivity index (χ4v) is 5.92. The first-order valence-electron chi connectivity index (χ1n) is 18.5. The molecule has 4 N–H and O–H groups in total. The van der Waals surface area contributed by atoms with Gasteiger partial charge in [-0.05, 0) is 71.7 Å². The van der Waals surface area contributed by atoms with E-state index in [9.17, 15) is 9.59 Å². The van der Waals surface area contributed by atoms with Crippen LogP contribution in [0.5, 0.6) is 0 Å². The number of allylic oxidation sites excluding steroid dienone is 11. The van der Waals surface area contributed by atoms with Gasteiger partial charge in [0.2, 0.25) is 0 Å². The second-order valence-electron chi connectivity index (χ2n) is 17.4. The van der Waals surface area contributed by atoms with Crippen LogP contribution < -0.4 is 11.5 Å². The predicted molar refractivity (Wildman–Crippen MR) is 212 cm³/mol. The maximum absolute atomic E-state index is 11.6. The van der Waals surface area contributed by atoms with Crippen LogP contribution in [0.25, 0.3) is 0 Å². The number of carbonyl (C=O) groups excluding carboxylic acids is 2. The Morgan fingerprint density at radius 1 is 0.625 bits per heavy atom. The lowest BCUT2D eigenvalue weighted by molar-refractivity contribution is -0.124. The molecule has 6 atom stereocenters. The molecule has 0 fully saturated rings. The first-order valence-corrected chi connectivity index (χ1v) is 18.5. The van der Waals surface area contributed by atoms with Crippen LogP contribution in [0.1, 0.15) is 136 Å². The molecular weight excluding hydrogens is 588 g/mol. The average Bonchev–Trinajstić information content (AvgIpc) is 3.26. The Morgan fingerprint density at radius 3 is 1.67 bits per heavy atom. The third kappa shape index (κ3) is 17.4. The van der Waals surface area contributed by atoms with Crippen molar-refractivity contribution in [3.63, 3.8) is 0 Å². The van der Waals surface area contributed by atoms with Crippen LogP contribution in [0.2, 0.25) is 0 Å². The van der Waals surface area contributed by atoms with E-state index in [2.05, 4.69) is 132 Å². The van der Waals surface area contributed by atoms with E-state index in [-0.39, 0.29) is 34.0 Å². The van der Waals surface area contributed by atoms with Crippen LogP contribution in [0.15, 0.2) is 71.9 Å². The molecule has 0 aromatic rings. The summed E-state index contributed by atoms with van der Waals surface area (Å²) in [5.41, 5.74) is 14.8. The van der Waals surface area contributed by atoms with Crippen molar-refractivity contribution in [1.82, 2.24) is 0 Å². The van der Waals surface area contributed by atoms with E-state index in [4.69, 9.17) is 11.5 Å². The first-order chi connectivity index (χ1) is 21.9. The summed E-state index contributed by atoms with van der Waals surface area (Å²) in [7, 11) is 0. The van der Waals surface area contributed by atoms with Gasteiger partial charge in [0.1, 0.15) is 5.78 Å². The van der Waals surface area contributed by atoms with E-state index in [1.54, 1.807) is 0 Å². The number of hydrogen-bond donors (Lipinski definition) is 2. The molecule has 2 unspecified atom stereocenters. The second-order valence-corrected chi connectivity index (χ2v) is 17.4. The summed E-state index contributed by atoms with van der Waals surface area (Å²) < 4.78 is 0. The number of Topliss-reactive ketones (excluding diaryl/α,β-unsaturated/α-hetero) is 2. The van der Waals surface area contributed by atoms with Crippen LogP contribution in [0.4, 0.5) is 0 Å². The summed E-state index contributed by atoms with van der Waals surface area (Å²) in [5, 5.41) is 0. The van der Waals surface area contributed by atoms with Gasteiger partial charge in [-0.2, -0.15) is 0 Å². The molecule has 0 amide bonds. The molecule has 0 aliphatic heterocycles. The highest BCUT2D eigenvalue weighted by molar-refractivity contribution is 5.96. The van der Waals surface area contributed by atoms with Gasteiger partial charge in [0.05, 0.1) is 0 Å². The van der Waals surface area contributed by atoms with Gasteiger partial charge >= 0.3 is 0 Å². The summed E-state index contributed by atoms with van der Waals surface area (Å²) in [5.74, 6) is 2.50. The van der Waals surface area contributed by atoms with Gasteiger partial charge in [0.15, 0.2) is 5.78 Å². The highest BCUT2D eigenvalue weighted by Gasteiger charge is 2.29.